The van der Waals surface area contributed by atoms with Crippen molar-refractivity contribution in [3.05, 3.63) is 58.1 Å². The van der Waals surface area contributed by atoms with E-state index in [0.717, 1.165) is 21.4 Å². The average Bonchev–Trinajstić information content (AvgIpc) is 3.04. The van der Waals surface area contributed by atoms with E-state index in [1.807, 2.05) is 44.2 Å². The van der Waals surface area contributed by atoms with Crippen molar-refractivity contribution in [2.75, 3.05) is 0 Å². The summed E-state index contributed by atoms with van der Waals surface area (Å²) in [6.07, 6.45) is 3.31. The van der Waals surface area contributed by atoms with Gasteiger partial charge in [-0.1, -0.05) is 34.1 Å². The molecule has 0 unspecified atom stereocenters. The van der Waals surface area contributed by atoms with Crippen molar-refractivity contribution in [1.82, 2.24) is 24.7 Å². The van der Waals surface area contributed by atoms with Crippen LogP contribution in [0.3, 0.4) is 0 Å². The quantitative estimate of drug-likeness (QED) is 0.686. The lowest BCUT2D eigenvalue weighted by molar-refractivity contribution is 0.717. The summed E-state index contributed by atoms with van der Waals surface area (Å²) in [5.74, 6) is 0.559. The molecule has 7 heteroatoms. The summed E-state index contributed by atoms with van der Waals surface area (Å²) in [5.41, 5.74) is 2.89. The minimum atomic E-state index is 0.559. The molecule has 106 valence electrons. The highest BCUT2D eigenvalue weighted by atomic mass is 79.9. The number of hydrogen-bond acceptors (Lipinski definition) is 4. The summed E-state index contributed by atoms with van der Waals surface area (Å²) in [6.45, 7) is 3.91. The molecule has 0 atom stereocenters. The molecule has 0 amide bonds. The maximum atomic E-state index is 4.40. The predicted molar refractivity (Wildman–Crippen MR) is 83.8 cm³/mol. The van der Waals surface area contributed by atoms with Crippen molar-refractivity contribution in [2.24, 2.45) is 5.10 Å². The fourth-order valence-electron chi connectivity index (χ4n) is 1.98. The molecular weight excluding hydrogens is 332 g/mol. The molecule has 3 aromatic rings. The molecule has 21 heavy (non-hydrogen) atoms. The second-order valence-electron chi connectivity index (χ2n) is 4.58. The molecule has 0 radical (unpaired) electrons. The zero-order chi connectivity index (χ0) is 14.8. The Kier molecular flexibility index (Phi) is 3.66. The van der Waals surface area contributed by atoms with Gasteiger partial charge in [-0.25, -0.2) is 4.68 Å². The van der Waals surface area contributed by atoms with Gasteiger partial charge in [0.05, 0.1) is 11.9 Å². The SMILES string of the molecule is Cc1cc(C)n(-c2nncn2/N=C/c2ccccc2Br)n1. The zero-order valence-electron chi connectivity index (χ0n) is 11.6. The van der Waals surface area contributed by atoms with Gasteiger partial charge in [0.15, 0.2) is 0 Å². The van der Waals surface area contributed by atoms with Gasteiger partial charge < -0.3 is 0 Å². The van der Waals surface area contributed by atoms with E-state index in [9.17, 15) is 0 Å². The molecule has 0 aliphatic heterocycles. The zero-order valence-corrected chi connectivity index (χ0v) is 13.2. The van der Waals surface area contributed by atoms with Crippen molar-refractivity contribution in [3.63, 3.8) is 0 Å². The third-order valence-corrected chi connectivity index (χ3v) is 3.66. The lowest BCUT2D eigenvalue weighted by Gasteiger charge is -2.02. The number of aryl methyl sites for hydroxylation is 2. The van der Waals surface area contributed by atoms with Crippen molar-refractivity contribution in [1.29, 1.82) is 0 Å². The standard InChI is InChI=1S/C14H13BrN6/c1-10-7-11(2)21(19-10)14-18-16-9-20(14)17-8-12-5-3-4-6-13(12)15/h3-9H,1-2H3/b17-8+. The van der Waals surface area contributed by atoms with Crippen LogP contribution in [0.25, 0.3) is 5.95 Å². The van der Waals surface area contributed by atoms with E-state index in [4.69, 9.17) is 0 Å². The summed E-state index contributed by atoms with van der Waals surface area (Å²) in [7, 11) is 0. The van der Waals surface area contributed by atoms with Crippen LogP contribution in [0.5, 0.6) is 0 Å². The normalized spacial score (nSPS) is 11.4. The van der Waals surface area contributed by atoms with Gasteiger partial charge in [-0.15, -0.1) is 10.2 Å². The van der Waals surface area contributed by atoms with Crippen LogP contribution in [0.2, 0.25) is 0 Å². The number of nitrogens with zero attached hydrogens (tertiary/aromatic N) is 6. The van der Waals surface area contributed by atoms with Crippen LogP contribution in [-0.2, 0) is 0 Å². The first-order valence-electron chi connectivity index (χ1n) is 6.37. The van der Waals surface area contributed by atoms with Gasteiger partial charge in [-0.3, -0.25) is 0 Å². The van der Waals surface area contributed by atoms with E-state index in [0.29, 0.717) is 5.95 Å². The lowest BCUT2D eigenvalue weighted by atomic mass is 10.2. The van der Waals surface area contributed by atoms with Gasteiger partial charge >= 0.3 is 0 Å². The molecule has 0 N–H and O–H groups in total. The van der Waals surface area contributed by atoms with E-state index in [-0.39, 0.29) is 0 Å². The summed E-state index contributed by atoms with van der Waals surface area (Å²) in [4.78, 5) is 0. The second kappa shape index (κ2) is 5.61. The Morgan fingerprint density at radius 2 is 2.05 bits per heavy atom. The summed E-state index contributed by atoms with van der Waals surface area (Å²) < 4.78 is 4.30. The van der Waals surface area contributed by atoms with Crippen LogP contribution < -0.4 is 0 Å². The molecular formula is C14H13BrN6. The molecule has 6 nitrogen and oxygen atoms in total. The van der Waals surface area contributed by atoms with Crippen LogP contribution in [0.15, 0.2) is 46.2 Å². The van der Waals surface area contributed by atoms with Crippen LogP contribution in [0.1, 0.15) is 17.0 Å². The van der Waals surface area contributed by atoms with Gasteiger partial charge in [0.25, 0.3) is 5.95 Å². The van der Waals surface area contributed by atoms with Crippen molar-refractivity contribution < 1.29 is 0 Å². The smallest absolute Gasteiger partial charge is 0.202 e. The Balaban J connectivity index is 1.97. The summed E-state index contributed by atoms with van der Waals surface area (Å²) in [6, 6.07) is 9.84. The van der Waals surface area contributed by atoms with Gasteiger partial charge in [-0.05, 0) is 26.0 Å². The predicted octanol–water partition coefficient (Wildman–Crippen LogP) is 2.73. The van der Waals surface area contributed by atoms with Crippen molar-refractivity contribution >= 4 is 22.1 Å². The Morgan fingerprint density at radius 1 is 1.24 bits per heavy atom. The lowest BCUT2D eigenvalue weighted by Crippen LogP contribution is -2.06. The first-order chi connectivity index (χ1) is 10.1. The highest BCUT2D eigenvalue weighted by molar-refractivity contribution is 9.10. The van der Waals surface area contributed by atoms with Crippen LogP contribution >= 0.6 is 15.9 Å². The minimum absolute atomic E-state index is 0.559. The minimum Gasteiger partial charge on any atom is -0.202 e. The van der Waals surface area contributed by atoms with Crippen molar-refractivity contribution in [2.45, 2.75) is 13.8 Å². The number of hydrogen-bond donors (Lipinski definition) is 0. The Labute approximate surface area is 130 Å². The molecule has 0 bridgehead atoms. The third kappa shape index (κ3) is 2.78. The Bertz CT molecular complexity index is 801. The van der Waals surface area contributed by atoms with Gasteiger partial charge in [0, 0.05) is 15.7 Å². The topological polar surface area (TPSA) is 60.9 Å². The fourth-order valence-corrected chi connectivity index (χ4v) is 2.37. The van der Waals surface area contributed by atoms with E-state index in [1.165, 1.54) is 0 Å². The molecule has 0 aliphatic carbocycles. The van der Waals surface area contributed by atoms with Gasteiger partial charge in [-0.2, -0.15) is 14.9 Å². The van der Waals surface area contributed by atoms with Crippen molar-refractivity contribution in [3.8, 4) is 5.95 Å². The van der Waals surface area contributed by atoms with Crippen LogP contribution in [-0.4, -0.2) is 30.9 Å². The first kappa shape index (κ1) is 13.7. The summed E-state index contributed by atoms with van der Waals surface area (Å²) >= 11 is 3.49. The molecule has 2 heterocycles. The van der Waals surface area contributed by atoms with Gasteiger partial charge in [0.1, 0.15) is 6.33 Å². The van der Waals surface area contributed by atoms with E-state index >= 15 is 0 Å². The summed E-state index contributed by atoms with van der Waals surface area (Å²) in [5, 5.41) is 16.8. The Hall–Kier alpha value is -2.28. The molecule has 2 aromatic heterocycles. The van der Waals surface area contributed by atoms with Crippen LogP contribution in [0.4, 0.5) is 0 Å². The number of halogens is 1. The molecule has 0 saturated heterocycles. The highest BCUT2D eigenvalue weighted by Gasteiger charge is 2.10. The van der Waals surface area contributed by atoms with E-state index in [2.05, 4.69) is 36.3 Å². The number of rotatable bonds is 3. The second-order valence-corrected chi connectivity index (χ2v) is 5.43. The van der Waals surface area contributed by atoms with E-state index < -0.39 is 0 Å². The monoisotopic (exact) mass is 344 g/mol. The molecule has 1 aromatic carbocycles. The maximum absolute atomic E-state index is 4.40. The number of aromatic nitrogens is 5. The average molecular weight is 345 g/mol. The van der Waals surface area contributed by atoms with Crippen LogP contribution in [0, 0.1) is 13.8 Å². The van der Waals surface area contributed by atoms with Gasteiger partial charge in [0.2, 0.25) is 0 Å². The number of benzene rings is 1. The molecule has 0 saturated carbocycles. The highest BCUT2D eigenvalue weighted by Crippen LogP contribution is 2.14. The molecule has 0 aliphatic rings. The van der Waals surface area contributed by atoms with E-state index in [1.54, 1.807) is 21.9 Å². The Morgan fingerprint density at radius 3 is 2.76 bits per heavy atom. The molecule has 3 rings (SSSR count). The first-order valence-corrected chi connectivity index (χ1v) is 7.17. The molecule has 0 fully saturated rings. The fraction of sp³-hybridized carbons (Fsp3) is 0.143. The third-order valence-electron chi connectivity index (χ3n) is 2.94. The maximum Gasteiger partial charge on any atom is 0.273 e. The molecule has 0 spiro atoms. The largest absolute Gasteiger partial charge is 0.273 e.